The zero-order chi connectivity index (χ0) is 15.5. The van der Waals surface area contributed by atoms with Gasteiger partial charge in [0.2, 0.25) is 10.0 Å². The summed E-state index contributed by atoms with van der Waals surface area (Å²) < 4.78 is 27.1. The zero-order valence-electron chi connectivity index (χ0n) is 11.2. The largest absolute Gasteiger partial charge is 0.246 e. The maximum atomic E-state index is 12.5. The summed E-state index contributed by atoms with van der Waals surface area (Å²) in [4.78, 5) is 3.71. The highest BCUT2D eigenvalue weighted by atomic mass is 79.9. The van der Waals surface area contributed by atoms with Gasteiger partial charge < -0.3 is 0 Å². The molecular weight excluding hydrogens is 354 g/mol. The minimum absolute atomic E-state index is 0.0814. The highest BCUT2D eigenvalue weighted by molar-refractivity contribution is 9.10. The second-order valence-electron chi connectivity index (χ2n) is 4.31. The van der Waals surface area contributed by atoms with E-state index in [1.807, 2.05) is 24.3 Å². The highest BCUT2D eigenvalue weighted by Gasteiger charge is 2.25. The smallest absolute Gasteiger partial charge is 0.244 e. The van der Waals surface area contributed by atoms with Crippen molar-refractivity contribution in [3.05, 3.63) is 58.3 Å². The molecule has 1 aromatic carbocycles. The van der Waals surface area contributed by atoms with Crippen molar-refractivity contribution in [3.8, 4) is 6.07 Å². The number of benzene rings is 1. The third kappa shape index (κ3) is 3.29. The van der Waals surface area contributed by atoms with Gasteiger partial charge in [-0.05, 0) is 23.8 Å². The van der Waals surface area contributed by atoms with Crippen LogP contribution in [0.5, 0.6) is 0 Å². The number of aromatic nitrogens is 1. The lowest BCUT2D eigenvalue weighted by atomic mass is 10.2. The normalized spacial score (nSPS) is 11.3. The van der Waals surface area contributed by atoms with Crippen molar-refractivity contribution in [3.63, 3.8) is 0 Å². The fraction of sp³-hybridized carbons (Fsp3) is 0.143. The molecule has 0 amide bonds. The van der Waals surface area contributed by atoms with Crippen molar-refractivity contribution in [1.82, 2.24) is 9.29 Å². The van der Waals surface area contributed by atoms with Crippen LogP contribution >= 0.6 is 15.9 Å². The first kappa shape index (κ1) is 15.6. The number of pyridine rings is 1. The van der Waals surface area contributed by atoms with E-state index in [9.17, 15) is 8.42 Å². The van der Waals surface area contributed by atoms with E-state index in [0.29, 0.717) is 0 Å². The highest BCUT2D eigenvalue weighted by Crippen LogP contribution is 2.22. The predicted molar refractivity (Wildman–Crippen MR) is 81.7 cm³/mol. The van der Waals surface area contributed by atoms with Crippen LogP contribution in [-0.4, -0.2) is 24.8 Å². The molecule has 21 heavy (non-hydrogen) atoms. The molecule has 2 rings (SSSR count). The molecule has 0 saturated heterocycles. The molecule has 0 spiro atoms. The number of nitriles is 1. The molecular formula is C14H12BrN3O2S. The monoisotopic (exact) mass is 365 g/mol. The Bertz CT molecular complexity index is 800. The first-order chi connectivity index (χ1) is 9.96. The quantitative estimate of drug-likeness (QED) is 0.834. The van der Waals surface area contributed by atoms with Gasteiger partial charge in [-0.2, -0.15) is 9.57 Å². The Kier molecular flexibility index (Phi) is 4.73. The molecule has 0 saturated carbocycles. The molecule has 2 aromatic rings. The van der Waals surface area contributed by atoms with Crippen LogP contribution in [0.1, 0.15) is 11.3 Å². The van der Waals surface area contributed by atoms with E-state index in [1.54, 1.807) is 6.07 Å². The molecule has 5 nitrogen and oxygen atoms in total. The van der Waals surface area contributed by atoms with Gasteiger partial charge in [0.25, 0.3) is 0 Å². The molecule has 0 aliphatic heterocycles. The predicted octanol–water partition coefficient (Wildman–Crippen LogP) is 2.54. The van der Waals surface area contributed by atoms with E-state index in [0.717, 1.165) is 10.0 Å². The van der Waals surface area contributed by atoms with Gasteiger partial charge in [0, 0.05) is 24.3 Å². The first-order valence-corrected chi connectivity index (χ1v) is 8.25. The molecule has 0 atom stereocenters. The summed E-state index contributed by atoms with van der Waals surface area (Å²) in [5, 5.41) is 8.99. The summed E-state index contributed by atoms with van der Waals surface area (Å²) in [5.41, 5.74) is 0.738. The van der Waals surface area contributed by atoms with Crippen LogP contribution in [-0.2, 0) is 16.6 Å². The standard InChI is InChI=1S/C14H12BrN3O2S/c1-18(10-11-5-2-3-6-12(11)15)21(19,20)14-7-4-8-17-13(14)9-16/h2-8H,10H2,1H3. The van der Waals surface area contributed by atoms with Crippen molar-refractivity contribution >= 4 is 26.0 Å². The van der Waals surface area contributed by atoms with Gasteiger partial charge in [0.15, 0.2) is 5.69 Å². The molecule has 0 aliphatic rings. The van der Waals surface area contributed by atoms with E-state index in [-0.39, 0.29) is 17.1 Å². The topological polar surface area (TPSA) is 74.1 Å². The number of hydrogen-bond donors (Lipinski definition) is 0. The Labute approximate surface area is 132 Å². The molecule has 0 fully saturated rings. The first-order valence-electron chi connectivity index (χ1n) is 6.01. The van der Waals surface area contributed by atoms with E-state index >= 15 is 0 Å². The molecule has 0 bridgehead atoms. The van der Waals surface area contributed by atoms with Crippen LogP contribution in [0.2, 0.25) is 0 Å². The summed E-state index contributed by atoms with van der Waals surface area (Å²) in [5.74, 6) is 0. The van der Waals surface area contributed by atoms with E-state index < -0.39 is 10.0 Å². The van der Waals surface area contributed by atoms with Crippen LogP contribution in [0.4, 0.5) is 0 Å². The second-order valence-corrected chi connectivity index (χ2v) is 7.18. The molecule has 7 heteroatoms. The number of halogens is 1. The third-order valence-corrected chi connectivity index (χ3v) is 5.52. The number of sulfonamides is 1. The van der Waals surface area contributed by atoms with E-state index in [1.165, 1.54) is 29.7 Å². The minimum atomic E-state index is -3.77. The van der Waals surface area contributed by atoms with Gasteiger partial charge in [0.1, 0.15) is 11.0 Å². The lowest BCUT2D eigenvalue weighted by Crippen LogP contribution is -2.27. The van der Waals surface area contributed by atoms with Crippen LogP contribution in [0.3, 0.4) is 0 Å². The van der Waals surface area contributed by atoms with Crippen LogP contribution < -0.4 is 0 Å². The van der Waals surface area contributed by atoms with Gasteiger partial charge in [-0.25, -0.2) is 13.4 Å². The van der Waals surface area contributed by atoms with Crippen LogP contribution in [0.25, 0.3) is 0 Å². The number of hydrogen-bond acceptors (Lipinski definition) is 4. The summed E-state index contributed by atoms with van der Waals surface area (Å²) in [6, 6.07) is 12.1. The Hall–Kier alpha value is -1.75. The minimum Gasteiger partial charge on any atom is -0.244 e. The lowest BCUT2D eigenvalue weighted by Gasteiger charge is -2.18. The summed E-state index contributed by atoms with van der Waals surface area (Å²) in [6.07, 6.45) is 1.39. The van der Waals surface area contributed by atoms with Crippen molar-refractivity contribution in [2.75, 3.05) is 7.05 Å². The average Bonchev–Trinajstić information content (AvgIpc) is 2.49. The Balaban J connectivity index is 2.36. The SMILES string of the molecule is CN(Cc1ccccc1Br)S(=O)(=O)c1cccnc1C#N. The number of rotatable bonds is 4. The average molecular weight is 366 g/mol. The third-order valence-electron chi connectivity index (χ3n) is 2.92. The van der Waals surface area contributed by atoms with E-state index in [2.05, 4.69) is 20.9 Å². The number of nitrogens with zero attached hydrogens (tertiary/aromatic N) is 3. The Morgan fingerprint density at radius 2 is 2.00 bits per heavy atom. The fourth-order valence-corrected chi connectivity index (χ4v) is 3.45. The van der Waals surface area contributed by atoms with Crippen LogP contribution in [0.15, 0.2) is 52.0 Å². The van der Waals surface area contributed by atoms with Crippen molar-refractivity contribution in [2.24, 2.45) is 0 Å². The summed E-state index contributed by atoms with van der Waals surface area (Å²) in [7, 11) is -2.29. The van der Waals surface area contributed by atoms with Crippen molar-refractivity contribution in [1.29, 1.82) is 5.26 Å². The van der Waals surface area contributed by atoms with Crippen LogP contribution in [0, 0.1) is 11.3 Å². The maximum absolute atomic E-state index is 12.5. The second kappa shape index (κ2) is 6.35. The van der Waals surface area contributed by atoms with Crippen molar-refractivity contribution < 1.29 is 8.42 Å². The molecule has 0 radical (unpaired) electrons. The lowest BCUT2D eigenvalue weighted by molar-refractivity contribution is 0.465. The summed E-state index contributed by atoms with van der Waals surface area (Å²) >= 11 is 3.39. The Morgan fingerprint density at radius 3 is 2.67 bits per heavy atom. The zero-order valence-corrected chi connectivity index (χ0v) is 13.6. The summed E-state index contributed by atoms with van der Waals surface area (Å²) in [6.45, 7) is 0.198. The molecule has 1 heterocycles. The van der Waals surface area contributed by atoms with Gasteiger partial charge in [-0.15, -0.1) is 0 Å². The van der Waals surface area contributed by atoms with Gasteiger partial charge in [0.05, 0.1) is 0 Å². The van der Waals surface area contributed by atoms with Gasteiger partial charge in [-0.3, -0.25) is 0 Å². The maximum Gasteiger partial charge on any atom is 0.246 e. The molecule has 108 valence electrons. The van der Waals surface area contributed by atoms with Crippen molar-refractivity contribution in [2.45, 2.75) is 11.4 Å². The molecule has 0 N–H and O–H groups in total. The Morgan fingerprint density at radius 1 is 1.29 bits per heavy atom. The molecule has 0 unspecified atom stereocenters. The van der Waals surface area contributed by atoms with Gasteiger partial charge in [-0.1, -0.05) is 34.1 Å². The molecule has 0 aliphatic carbocycles. The molecule has 1 aromatic heterocycles. The van der Waals surface area contributed by atoms with Gasteiger partial charge >= 0.3 is 0 Å². The fourth-order valence-electron chi connectivity index (χ4n) is 1.80. The van der Waals surface area contributed by atoms with E-state index in [4.69, 9.17) is 5.26 Å².